The number of carbonyl (C=O) groups excluding carboxylic acids is 1. The van der Waals surface area contributed by atoms with Gasteiger partial charge in [0.2, 0.25) is 5.88 Å². The Morgan fingerprint density at radius 2 is 2.32 bits per heavy atom. The van der Waals surface area contributed by atoms with Crippen LogP contribution in [0.4, 0.5) is 0 Å². The van der Waals surface area contributed by atoms with Crippen LogP contribution in [-0.4, -0.2) is 45.2 Å². The molecule has 1 aliphatic rings. The smallest absolute Gasteiger partial charge is 0.270 e. The number of rotatable bonds is 4. The highest BCUT2D eigenvalue weighted by molar-refractivity contribution is 5.92. The van der Waals surface area contributed by atoms with Gasteiger partial charge in [-0.1, -0.05) is 0 Å². The summed E-state index contributed by atoms with van der Waals surface area (Å²) < 4.78 is 12.6. The lowest BCUT2D eigenvalue weighted by molar-refractivity contribution is 0.0776. The molecule has 0 aromatic carbocycles. The summed E-state index contributed by atoms with van der Waals surface area (Å²) in [6, 6.07) is 1.36. The van der Waals surface area contributed by atoms with Gasteiger partial charge in [-0.05, 0) is 6.42 Å². The molecule has 0 saturated carbocycles. The molecular formula is C14H17N5O3. The first-order chi connectivity index (χ1) is 10.7. The van der Waals surface area contributed by atoms with E-state index in [1.807, 2.05) is 17.8 Å². The van der Waals surface area contributed by atoms with Crippen LogP contribution in [0.15, 0.2) is 24.8 Å². The fraction of sp³-hybridized carbons (Fsp3) is 0.429. The van der Waals surface area contributed by atoms with E-state index < -0.39 is 0 Å². The molecule has 3 rings (SSSR count). The van der Waals surface area contributed by atoms with Crippen molar-refractivity contribution in [1.82, 2.24) is 24.8 Å². The van der Waals surface area contributed by atoms with Crippen molar-refractivity contribution in [3.8, 4) is 5.88 Å². The van der Waals surface area contributed by atoms with Crippen LogP contribution in [-0.2, 0) is 11.8 Å². The molecule has 1 amide bonds. The van der Waals surface area contributed by atoms with Crippen LogP contribution in [0.25, 0.3) is 0 Å². The molecule has 1 N–H and O–H groups in total. The third-order valence-corrected chi connectivity index (χ3v) is 3.60. The van der Waals surface area contributed by atoms with E-state index in [0.29, 0.717) is 12.5 Å². The quantitative estimate of drug-likeness (QED) is 0.883. The number of amides is 1. The maximum Gasteiger partial charge on any atom is 0.270 e. The summed E-state index contributed by atoms with van der Waals surface area (Å²) in [7, 11) is 3.39. The molecule has 1 fully saturated rings. The predicted molar refractivity (Wildman–Crippen MR) is 76.4 cm³/mol. The van der Waals surface area contributed by atoms with Gasteiger partial charge in [0.15, 0.2) is 0 Å². The topological polar surface area (TPSA) is 91.2 Å². The van der Waals surface area contributed by atoms with Crippen LogP contribution >= 0.6 is 0 Å². The zero-order valence-corrected chi connectivity index (χ0v) is 12.4. The standard InChI is InChI=1S/C14H17N5O3/c1-19-5-4-15-13(19)12-9(3-6-22-12)18-14(20)10-7-11(21-2)17-8-16-10/h4-5,7-9,12H,3,6H2,1-2H3,(H,18,20)/t9-,12-/m1/s1. The second kappa shape index (κ2) is 6.10. The molecule has 2 aromatic heterocycles. The van der Waals surface area contributed by atoms with Gasteiger partial charge in [-0.25, -0.2) is 15.0 Å². The van der Waals surface area contributed by atoms with Crippen molar-refractivity contribution in [3.05, 3.63) is 36.3 Å². The number of nitrogens with zero attached hydrogens (tertiary/aromatic N) is 4. The fourth-order valence-electron chi connectivity index (χ4n) is 2.46. The number of aromatic nitrogens is 4. The van der Waals surface area contributed by atoms with E-state index in [4.69, 9.17) is 9.47 Å². The first-order valence-corrected chi connectivity index (χ1v) is 6.94. The fourth-order valence-corrected chi connectivity index (χ4v) is 2.46. The van der Waals surface area contributed by atoms with E-state index in [0.717, 1.165) is 12.2 Å². The van der Waals surface area contributed by atoms with Crippen molar-refractivity contribution in [1.29, 1.82) is 0 Å². The van der Waals surface area contributed by atoms with Crippen molar-refractivity contribution in [2.75, 3.05) is 13.7 Å². The van der Waals surface area contributed by atoms with E-state index in [-0.39, 0.29) is 23.7 Å². The number of aryl methyl sites for hydroxylation is 1. The number of methoxy groups -OCH3 is 1. The third kappa shape index (κ3) is 2.77. The summed E-state index contributed by atoms with van der Waals surface area (Å²) in [6.07, 6.45) is 5.34. The number of hydrogen-bond donors (Lipinski definition) is 1. The molecule has 2 aromatic rings. The zero-order valence-electron chi connectivity index (χ0n) is 12.4. The third-order valence-electron chi connectivity index (χ3n) is 3.60. The number of nitrogens with one attached hydrogen (secondary N) is 1. The monoisotopic (exact) mass is 303 g/mol. The molecule has 1 aliphatic heterocycles. The van der Waals surface area contributed by atoms with E-state index in [1.54, 1.807) is 6.20 Å². The van der Waals surface area contributed by atoms with Crippen molar-refractivity contribution in [2.45, 2.75) is 18.6 Å². The van der Waals surface area contributed by atoms with Gasteiger partial charge in [0.25, 0.3) is 5.91 Å². The van der Waals surface area contributed by atoms with Gasteiger partial charge in [0.1, 0.15) is 23.9 Å². The lowest BCUT2D eigenvalue weighted by Crippen LogP contribution is -2.38. The van der Waals surface area contributed by atoms with Crippen LogP contribution < -0.4 is 10.1 Å². The van der Waals surface area contributed by atoms with E-state index in [2.05, 4.69) is 20.3 Å². The molecule has 0 spiro atoms. The number of imidazole rings is 1. The maximum atomic E-state index is 12.3. The molecule has 0 aliphatic carbocycles. The van der Waals surface area contributed by atoms with Crippen molar-refractivity contribution in [2.24, 2.45) is 7.05 Å². The largest absolute Gasteiger partial charge is 0.481 e. The van der Waals surface area contributed by atoms with Gasteiger partial charge >= 0.3 is 0 Å². The van der Waals surface area contributed by atoms with Crippen LogP contribution in [0.2, 0.25) is 0 Å². The Kier molecular flexibility index (Phi) is 4.01. The summed E-state index contributed by atoms with van der Waals surface area (Å²) in [5.41, 5.74) is 0.261. The van der Waals surface area contributed by atoms with Gasteiger partial charge in [0, 0.05) is 32.1 Å². The number of ether oxygens (including phenoxy) is 2. The molecule has 2 atom stereocenters. The van der Waals surface area contributed by atoms with E-state index in [1.165, 1.54) is 19.5 Å². The minimum absolute atomic E-state index is 0.144. The first-order valence-electron chi connectivity index (χ1n) is 6.94. The molecule has 22 heavy (non-hydrogen) atoms. The average molecular weight is 303 g/mol. The number of hydrogen-bond acceptors (Lipinski definition) is 6. The van der Waals surface area contributed by atoms with Crippen LogP contribution in [0.3, 0.4) is 0 Å². The Labute approximate surface area is 127 Å². The molecule has 1 saturated heterocycles. The normalized spacial score (nSPS) is 20.8. The summed E-state index contributed by atoms with van der Waals surface area (Å²) in [5.74, 6) is 0.863. The Bertz CT molecular complexity index is 672. The Hall–Kier alpha value is -2.48. The summed E-state index contributed by atoms with van der Waals surface area (Å²) in [5, 5.41) is 2.95. The highest BCUT2D eigenvalue weighted by Crippen LogP contribution is 2.27. The summed E-state index contributed by atoms with van der Waals surface area (Å²) in [6.45, 7) is 0.579. The van der Waals surface area contributed by atoms with Gasteiger partial charge in [0.05, 0.1) is 13.2 Å². The molecule has 0 bridgehead atoms. The van der Waals surface area contributed by atoms with Crippen molar-refractivity contribution < 1.29 is 14.3 Å². The van der Waals surface area contributed by atoms with Crippen LogP contribution in [0.5, 0.6) is 5.88 Å². The molecule has 8 heteroatoms. The van der Waals surface area contributed by atoms with Gasteiger partial charge in [-0.2, -0.15) is 0 Å². The van der Waals surface area contributed by atoms with Crippen LogP contribution in [0.1, 0.15) is 28.8 Å². The summed E-state index contributed by atoms with van der Waals surface area (Å²) in [4.78, 5) is 24.5. The molecule has 116 valence electrons. The Morgan fingerprint density at radius 3 is 3.05 bits per heavy atom. The highest BCUT2D eigenvalue weighted by atomic mass is 16.5. The average Bonchev–Trinajstić information content (AvgIpc) is 3.15. The Balaban J connectivity index is 1.74. The first kappa shape index (κ1) is 14.5. The summed E-state index contributed by atoms with van der Waals surface area (Å²) >= 11 is 0. The number of carbonyl (C=O) groups is 1. The molecule has 8 nitrogen and oxygen atoms in total. The SMILES string of the molecule is COc1cc(C(=O)N[C@@H]2CCO[C@H]2c2nccn2C)ncn1. The molecule has 0 unspecified atom stereocenters. The zero-order chi connectivity index (χ0) is 15.5. The second-order valence-electron chi connectivity index (χ2n) is 5.00. The van der Waals surface area contributed by atoms with Crippen molar-refractivity contribution >= 4 is 5.91 Å². The van der Waals surface area contributed by atoms with E-state index in [9.17, 15) is 4.79 Å². The minimum Gasteiger partial charge on any atom is -0.481 e. The minimum atomic E-state index is -0.282. The highest BCUT2D eigenvalue weighted by Gasteiger charge is 2.33. The van der Waals surface area contributed by atoms with Gasteiger partial charge in [-0.3, -0.25) is 4.79 Å². The maximum absolute atomic E-state index is 12.3. The lowest BCUT2D eigenvalue weighted by Gasteiger charge is -2.19. The van der Waals surface area contributed by atoms with E-state index >= 15 is 0 Å². The van der Waals surface area contributed by atoms with Gasteiger partial charge in [-0.15, -0.1) is 0 Å². The molecule has 3 heterocycles. The predicted octanol–water partition coefficient (Wildman–Crippen LogP) is 0.479. The lowest BCUT2D eigenvalue weighted by atomic mass is 10.1. The van der Waals surface area contributed by atoms with Crippen molar-refractivity contribution in [3.63, 3.8) is 0 Å². The van der Waals surface area contributed by atoms with Gasteiger partial charge < -0.3 is 19.4 Å². The molecule has 0 radical (unpaired) electrons. The second-order valence-corrected chi connectivity index (χ2v) is 5.00. The Morgan fingerprint density at radius 1 is 1.45 bits per heavy atom. The molecular weight excluding hydrogens is 286 g/mol. The van der Waals surface area contributed by atoms with Crippen LogP contribution in [0, 0.1) is 0 Å².